The van der Waals surface area contributed by atoms with Gasteiger partial charge in [0.05, 0.1) is 16.9 Å². The van der Waals surface area contributed by atoms with Gasteiger partial charge < -0.3 is 9.64 Å². The van der Waals surface area contributed by atoms with Gasteiger partial charge in [-0.05, 0) is 86.8 Å². The first-order valence-electron chi connectivity index (χ1n) is 8.51. The van der Waals surface area contributed by atoms with Crippen molar-refractivity contribution in [3.8, 4) is 5.75 Å². The second kappa shape index (κ2) is 6.81. The molecule has 0 aliphatic carbocycles. The van der Waals surface area contributed by atoms with Crippen molar-refractivity contribution in [2.75, 3.05) is 27.2 Å². The zero-order chi connectivity index (χ0) is 18.2. The summed E-state index contributed by atoms with van der Waals surface area (Å²) < 4.78 is 31.2. The molecule has 1 aliphatic rings. The molecule has 0 aromatic heterocycles. The summed E-state index contributed by atoms with van der Waals surface area (Å²) in [7, 11) is 0.182. The molecule has 134 valence electrons. The number of rotatable bonds is 4. The fourth-order valence-electron chi connectivity index (χ4n) is 3.62. The Morgan fingerprint density at radius 1 is 1.04 bits per heavy atom. The van der Waals surface area contributed by atoms with E-state index in [-0.39, 0.29) is 0 Å². The second-order valence-corrected chi connectivity index (χ2v) is 8.85. The first-order valence-corrected chi connectivity index (χ1v) is 10.00. The first-order chi connectivity index (χ1) is 11.8. The van der Waals surface area contributed by atoms with E-state index in [1.54, 1.807) is 31.4 Å². The number of likely N-dealkylation sites (N-methyl/N-ethyl adjacent to an activating group) is 1. The van der Waals surface area contributed by atoms with Crippen LogP contribution in [0.3, 0.4) is 0 Å². The molecular weight excluding hydrogens is 334 g/mol. The lowest BCUT2D eigenvalue weighted by Crippen LogP contribution is -2.13. The van der Waals surface area contributed by atoms with Crippen LogP contribution >= 0.6 is 0 Å². The molecule has 2 aromatic carbocycles. The van der Waals surface area contributed by atoms with Gasteiger partial charge in [0.15, 0.2) is 0 Å². The highest BCUT2D eigenvalue weighted by Gasteiger charge is 2.24. The van der Waals surface area contributed by atoms with Gasteiger partial charge in [0.1, 0.15) is 5.75 Å². The van der Waals surface area contributed by atoms with Gasteiger partial charge in [-0.3, -0.25) is 0 Å². The highest BCUT2D eigenvalue weighted by molar-refractivity contribution is 7.91. The van der Waals surface area contributed by atoms with Crippen LogP contribution in [0.25, 0.3) is 0 Å². The largest absolute Gasteiger partial charge is 0.496 e. The maximum absolute atomic E-state index is 13.0. The molecule has 0 amide bonds. The minimum absolute atomic E-state index is 0.304. The zero-order valence-corrected chi connectivity index (χ0v) is 16.1. The highest BCUT2D eigenvalue weighted by Crippen LogP contribution is 2.32. The Hall–Kier alpha value is -1.85. The molecule has 1 aliphatic heterocycles. The smallest absolute Gasteiger partial charge is 0.206 e. The summed E-state index contributed by atoms with van der Waals surface area (Å²) in [5.41, 5.74) is 3.12. The van der Waals surface area contributed by atoms with Crippen molar-refractivity contribution in [1.29, 1.82) is 0 Å². The van der Waals surface area contributed by atoms with E-state index >= 15 is 0 Å². The molecule has 5 heteroatoms. The van der Waals surface area contributed by atoms with Crippen LogP contribution in [0.2, 0.25) is 0 Å². The van der Waals surface area contributed by atoms with Gasteiger partial charge in [-0.15, -0.1) is 0 Å². The molecule has 0 N–H and O–H groups in total. The topological polar surface area (TPSA) is 46.6 Å². The summed E-state index contributed by atoms with van der Waals surface area (Å²) in [6.07, 6.45) is 1.13. The Bertz CT molecular complexity index is 890. The summed E-state index contributed by atoms with van der Waals surface area (Å²) in [6.45, 7) is 5.98. The first kappa shape index (κ1) is 18.0. The van der Waals surface area contributed by atoms with Gasteiger partial charge in [0.2, 0.25) is 9.84 Å². The Labute approximate surface area is 150 Å². The van der Waals surface area contributed by atoms with Gasteiger partial charge in [-0.1, -0.05) is 6.07 Å². The SMILES string of the molecule is COc1ccc(S(=O)(=O)c2ccc(C3CCN(C)C3)c(C)c2)cc1C. The fourth-order valence-corrected chi connectivity index (χ4v) is 5.05. The summed E-state index contributed by atoms with van der Waals surface area (Å²) in [4.78, 5) is 2.97. The minimum Gasteiger partial charge on any atom is -0.496 e. The van der Waals surface area contributed by atoms with E-state index in [9.17, 15) is 8.42 Å². The third kappa shape index (κ3) is 3.44. The summed E-state index contributed by atoms with van der Waals surface area (Å²) >= 11 is 0. The average molecular weight is 359 g/mol. The number of methoxy groups -OCH3 is 1. The molecule has 4 nitrogen and oxygen atoms in total. The predicted molar refractivity (Wildman–Crippen MR) is 99.2 cm³/mol. The lowest BCUT2D eigenvalue weighted by Gasteiger charge is -2.15. The van der Waals surface area contributed by atoms with E-state index in [0.29, 0.717) is 21.5 Å². The van der Waals surface area contributed by atoms with E-state index in [2.05, 4.69) is 11.9 Å². The fraction of sp³-hybridized carbons (Fsp3) is 0.400. The molecule has 1 saturated heterocycles. The zero-order valence-electron chi connectivity index (χ0n) is 15.2. The van der Waals surface area contributed by atoms with Crippen LogP contribution in [-0.4, -0.2) is 40.6 Å². The van der Waals surface area contributed by atoms with E-state index in [0.717, 1.165) is 30.6 Å². The van der Waals surface area contributed by atoms with E-state index < -0.39 is 9.84 Å². The molecule has 0 bridgehead atoms. The number of nitrogens with zero attached hydrogens (tertiary/aromatic N) is 1. The molecule has 1 unspecified atom stereocenters. The van der Waals surface area contributed by atoms with Crippen LogP contribution < -0.4 is 4.74 Å². The third-order valence-corrected chi connectivity index (χ3v) is 6.81. The van der Waals surface area contributed by atoms with Crippen molar-refractivity contribution < 1.29 is 13.2 Å². The van der Waals surface area contributed by atoms with Gasteiger partial charge >= 0.3 is 0 Å². The monoisotopic (exact) mass is 359 g/mol. The van der Waals surface area contributed by atoms with Crippen LogP contribution in [0.5, 0.6) is 5.75 Å². The van der Waals surface area contributed by atoms with Gasteiger partial charge in [-0.2, -0.15) is 0 Å². The van der Waals surface area contributed by atoms with Crippen molar-refractivity contribution >= 4 is 9.84 Å². The third-order valence-electron chi connectivity index (χ3n) is 5.06. The molecule has 0 spiro atoms. The molecule has 1 fully saturated rings. The molecule has 1 heterocycles. The molecule has 25 heavy (non-hydrogen) atoms. The number of benzene rings is 2. The molecule has 0 radical (unpaired) electrons. The van der Waals surface area contributed by atoms with E-state index in [1.807, 2.05) is 26.0 Å². The summed E-state index contributed by atoms with van der Waals surface area (Å²) in [5, 5.41) is 0. The normalized spacial score (nSPS) is 18.5. The van der Waals surface area contributed by atoms with Crippen LogP contribution in [0.15, 0.2) is 46.2 Å². The van der Waals surface area contributed by atoms with Gasteiger partial charge in [0, 0.05) is 6.54 Å². The Morgan fingerprint density at radius 2 is 1.68 bits per heavy atom. The molecule has 2 aromatic rings. The predicted octanol–water partition coefficient (Wildman–Crippen LogP) is 3.56. The Kier molecular flexibility index (Phi) is 4.89. The molecule has 1 atom stereocenters. The van der Waals surface area contributed by atoms with Crippen LogP contribution in [-0.2, 0) is 9.84 Å². The lowest BCUT2D eigenvalue weighted by atomic mass is 9.94. The number of sulfone groups is 1. The van der Waals surface area contributed by atoms with Crippen LogP contribution in [0.1, 0.15) is 29.0 Å². The maximum atomic E-state index is 13.0. The molecule has 0 saturated carbocycles. The Balaban J connectivity index is 1.95. The van der Waals surface area contributed by atoms with Crippen molar-refractivity contribution in [2.45, 2.75) is 36.0 Å². The standard InChI is InChI=1S/C20H25NO3S/c1-14-11-17(5-7-19(14)16-9-10-21(3)13-16)25(22,23)18-6-8-20(24-4)15(2)12-18/h5-8,11-12,16H,9-10,13H2,1-4H3. The number of hydrogen-bond donors (Lipinski definition) is 0. The highest BCUT2D eigenvalue weighted by atomic mass is 32.2. The second-order valence-electron chi connectivity index (χ2n) is 6.90. The number of hydrogen-bond acceptors (Lipinski definition) is 4. The van der Waals surface area contributed by atoms with Crippen molar-refractivity contribution in [3.05, 3.63) is 53.1 Å². The van der Waals surface area contributed by atoms with Crippen LogP contribution in [0.4, 0.5) is 0 Å². The van der Waals surface area contributed by atoms with Crippen molar-refractivity contribution in [2.24, 2.45) is 0 Å². The molecular formula is C20H25NO3S. The number of aryl methyl sites for hydroxylation is 2. The Morgan fingerprint density at radius 3 is 2.20 bits per heavy atom. The van der Waals surface area contributed by atoms with E-state index in [1.165, 1.54) is 5.56 Å². The quantitative estimate of drug-likeness (QED) is 0.837. The van der Waals surface area contributed by atoms with Gasteiger partial charge in [0.25, 0.3) is 0 Å². The van der Waals surface area contributed by atoms with Gasteiger partial charge in [-0.25, -0.2) is 8.42 Å². The average Bonchev–Trinajstić information content (AvgIpc) is 3.00. The van der Waals surface area contributed by atoms with Crippen molar-refractivity contribution in [3.63, 3.8) is 0 Å². The lowest BCUT2D eigenvalue weighted by molar-refractivity contribution is 0.411. The van der Waals surface area contributed by atoms with E-state index in [4.69, 9.17) is 4.74 Å². The maximum Gasteiger partial charge on any atom is 0.206 e. The van der Waals surface area contributed by atoms with Crippen molar-refractivity contribution in [1.82, 2.24) is 4.90 Å². The number of likely N-dealkylation sites (tertiary alicyclic amines) is 1. The molecule has 3 rings (SSSR count). The summed E-state index contributed by atoms with van der Waals surface area (Å²) in [5.74, 6) is 1.18. The summed E-state index contributed by atoms with van der Waals surface area (Å²) in [6, 6.07) is 10.5. The van der Waals surface area contributed by atoms with Crippen LogP contribution in [0, 0.1) is 13.8 Å². The minimum atomic E-state index is -3.53. The number of ether oxygens (including phenoxy) is 1.